The molecule has 0 spiro atoms. The molecule has 17 heavy (non-hydrogen) atoms. The molecule has 0 radical (unpaired) electrons. The molecule has 0 bridgehead atoms. The number of rotatable bonds is 6. The molecule has 1 aromatic rings. The van der Waals surface area contributed by atoms with Gasteiger partial charge in [-0.15, -0.1) is 0 Å². The number of carbonyl (C=O) groups excluding carboxylic acids is 1. The molecule has 1 atom stereocenters. The minimum Gasteiger partial charge on any atom is -0.506 e. The van der Waals surface area contributed by atoms with Crippen LogP contribution in [0.25, 0.3) is 0 Å². The number of hydrogen-bond acceptors (Lipinski definition) is 4. The van der Waals surface area contributed by atoms with Crippen LogP contribution in [0.5, 0.6) is 5.75 Å². The zero-order valence-electron chi connectivity index (χ0n) is 10.1. The van der Waals surface area contributed by atoms with Crippen LogP contribution >= 0.6 is 11.8 Å². The number of nitrogens with one attached hydrogen (secondary N) is 1. The fraction of sp³-hybridized carbons (Fsp3) is 0.500. The minimum absolute atomic E-state index is 0.00633. The van der Waals surface area contributed by atoms with Gasteiger partial charge >= 0.3 is 0 Å². The van der Waals surface area contributed by atoms with E-state index in [-0.39, 0.29) is 17.7 Å². The summed E-state index contributed by atoms with van der Waals surface area (Å²) in [5.74, 6) is 1.95. The van der Waals surface area contributed by atoms with Crippen molar-refractivity contribution in [3.63, 3.8) is 0 Å². The number of amides is 1. The van der Waals surface area contributed by atoms with E-state index in [1.165, 1.54) is 18.5 Å². The maximum atomic E-state index is 11.8. The number of thioether (sulfide) groups is 1. The summed E-state index contributed by atoms with van der Waals surface area (Å²) < 4.78 is 0. The standard InChI is InChI=1S/C12H18N2O2S/c1-3-17-5-4-9(2)14-12(16)10-6-11(15)8-13-7-10/h6-9,15H,3-5H2,1-2H3,(H,14,16). The highest BCUT2D eigenvalue weighted by atomic mass is 32.2. The summed E-state index contributed by atoms with van der Waals surface area (Å²) >= 11 is 1.86. The molecular formula is C12H18N2O2S. The number of nitrogens with zero attached hydrogens (tertiary/aromatic N) is 1. The summed E-state index contributed by atoms with van der Waals surface area (Å²) in [7, 11) is 0. The van der Waals surface area contributed by atoms with Crippen molar-refractivity contribution < 1.29 is 9.90 Å². The largest absolute Gasteiger partial charge is 0.506 e. The molecule has 0 aliphatic rings. The van der Waals surface area contributed by atoms with Crippen molar-refractivity contribution in [2.24, 2.45) is 0 Å². The van der Waals surface area contributed by atoms with Crippen LogP contribution in [0.4, 0.5) is 0 Å². The van der Waals surface area contributed by atoms with Gasteiger partial charge in [0.1, 0.15) is 5.75 Å². The molecule has 94 valence electrons. The first-order valence-electron chi connectivity index (χ1n) is 5.66. The van der Waals surface area contributed by atoms with Gasteiger partial charge in [0.25, 0.3) is 5.91 Å². The summed E-state index contributed by atoms with van der Waals surface area (Å²) in [6.07, 6.45) is 3.69. The molecule has 0 saturated heterocycles. The lowest BCUT2D eigenvalue weighted by molar-refractivity contribution is 0.0938. The molecule has 0 aliphatic heterocycles. The lowest BCUT2D eigenvalue weighted by Crippen LogP contribution is -2.33. The molecule has 1 rings (SSSR count). The fourth-order valence-corrected chi connectivity index (χ4v) is 2.14. The van der Waals surface area contributed by atoms with Crippen molar-refractivity contribution >= 4 is 17.7 Å². The molecule has 1 aromatic heterocycles. The third kappa shape index (κ3) is 5.08. The van der Waals surface area contributed by atoms with E-state index in [4.69, 9.17) is 0 Å². The van der Waals surface area contributed by atoms with E-state index in [9.17, 15) is 9.90 Å². The Hall–Kier alpha value is -1.23. The van der Waals surface area contributed by atoms with E-state index in [2.05, 4.69) is 17.2 Å². The Labute approximate surface area is 106 Å². The molecule has 2 N–H and O–H groups in total. The third-order valence-electron chi connectivity index (χ3n) is 2.26. The number of aromatic hydroxyl groups is 1. The van der Waals surface area contributed by atoms with E-state index in [1.807, 2.05) is 18.7 Å². The van der Waals surface area contributed by atoms with Gasteiger partial charge in [-0.05, 0) is 30.9 Å². The topological polar surface area (TPSA) is 62.2 Å². The zero-order valence-corrected chi connectivity index (χ0v) is 11.0. The molecule has 0 aliphatic carbocycles. The third-order valence-corrected chi connectivity index (χ3v) is 3.20. The van der Waals surface area contributed by atoms with Crippen molar-refractivity contribution in [2.45, 2.75) is 26.3 Å². The highest BCUT2D eigenvalue weighted by Crippen LogP contribution is 2.09. The molecule has 0 aromatic carbocycles. The van der Waals surface area contributed by atoms with Gasteiger partial charge in [-0.2, -0.15) is 11.8 Å². The van der Waals surface area contributed by atoms with Gasteiger partial charge in [0, 0.05) is 12.2 Å². The van der Waals surface area contributed by atoms with Crippen LogP contribution in [-0.4, -0.2) is 33.5 Å². The minimum atomic E-state index is -0.192. The van der Waals surface area contributed by atoms with Crippen LogP contribution in [0, 0.1) is 0 Å². The molecule has 0 fully saturated rings. The van der Waals surface area contributed by atoms with E-state index in [0.717, 1.165) is 17.9 Å². The van der Waals surface area contributed by atoms with Crippen molar-refractivity contribution in [2.75, 3.05) is 11.5 Å². The Bertz CT molecular complexity index is 371. The number of carbonyl (C=O) groups is 1. The Morgan fingerprint density at radius 3 is 3.00 bits per heavy atom. The Morgan fingerprint density at radius 1 is 1.59 bits per heavy atom. The van der Waals surface area contributed by atoms with Crippen molar-refractivity contribution in [3.05, 3.63) is 24.0 Å². The summed E-state index contributed by atoms with van der Waals surface area (Å²) in [5.41, 5.74) is 0.389. The van der Waals surface area contributed by atoms with Crippen LogP contribution < -0.4 is 5.32 Å². The quantitative estimate of drug-likeness (QED) is 0.763. The molecule has 1 amide bonds. The summed E-state index contributed by atoms with van der Waals surface area (Å²) in [4.78, 5) is 15.5. The number of aromatic nitrogens is 1. The number of pyridine rings is 1. The monoisotopic (exact) mass is 254 g/mol. The van der Waals surface area contributed by atoms with Gasteiger partial charge < -0.3 is 10.4 Å². The predicted octanol–water partition coefficient (Wildman–Crippen LogP) is 2.05. The smallest absolute Gasteiger partial charge is 0.253 e. The van der Waals surface area contributed by atoms with E-state index in [1.54, 1.807) is 0 Å². The Balaban J connectivity index is 2.43. The second kappa shape index (κ2) is 7.17. The van der Waals surface area contributed by atoms with Gasteiger partial charge in [0.15, 0.2) is 0 Å². The first-order chi connectivity index (χ1) is 8.13. The molecule has 4 nitrogen and oxygen atoms in total. The van der Waals surface area contributed by atoms with Crippen LogP contribution in [0.2, 0.25) is 0 Å². The summed E-state index contributed by atoms with van der Waals surface area (Å²) in [6.45, 7) is 4.09. The van der Waals surface area contributed by atoms with Gasteiger partial charge in [-0.3, -0.25) is 9.78 Å². The van der Waals surface area contributed by atoms with Crippen molar-refractivity contribution in [1.29, 1.82) is 0 Å². The fourth-order valence-electron chi connectivity index (χ4n) is 1.34. The van der Waals surface area contributed by atoms with Gasteiger partial charge in [-0.1, -0.05) is 6.92 Å². The summed E-state index contributed by atoms with van der Waals surface area (Å²) in [6, 6.07) is 1.54. The van der Waals surface area contributed by atoms with E-state index in [0.29, 0.717) is 5.56 Å². The second-order valence-electron chi connectivity index (χ2n) is 3.79. The predicted molar refractivity (Wildman–Crippen MR) is 70.4 cm³/mol. The number of hydrogen-bond donors (Lipinski definition) is 2. The van der Waals surface area contributed by atoms with Crippen LogP contribution in [-0.2, 0) is 0 Å². The van der Waals surface area contributed by atoms with Crippen molar-refractivity contribution in [3.8, 4) is 5.75 Å². The van der Waals surface area contributed by atoms with Gasteiger partial charge in [0.05, 0.1) is 11.8 Å². The molecule has 0 saturated carbocycles. The second-order valence-corrected chi connectivity index (χ2v) is 5.19. The maximum absolute atomic E-state index is 11.8. The maximum Gasteiger partial charge on any atom is 0.253 e. The zero-order chi connectivity index (χ0) is 12.7. The first kappa shape index (κ1) is 13.8. The van der Waals surface area contributed by atoms with E-state index >= 15 is 0 Å². The molecule has 1 heterocycles. The highest BCUT2D eigenvalue weighted by Gasteiger charge is 2.10. The van der Waals surface area contributed by atoms with Gasteiger partial charge in [-0.25, -0.2) is 0 Å². The van der Waals surface area contributed by atoms with Crippen LogP contribution in [0.1, 0.15) is 30.6 Å². The summed E-state index contributed by atoms with van der Waals surface area (Å²) in [5, 5.41) is 12.1. The van der Waals surface area contributed by atoms with Gasteiger partial charge in [0.2, 0.25) is 0 Å². The Kier molecular flexibility index (Phi) is 5.83. The molecule has 1 unspecified atom stereocenters. The molecule has 5 heteroatoms. The Morgan fingerprint density at radius 2 is 2.35 bits per heavy atom. The van der Waals surface area contributed by atoms with Crippen LogP contribution in [0.3, 0.4) is 0 Å². The average Bonchev–Trinajstić information content (AvgIpc) is 2.29. The molecular weight excluding hydrogens is 236 g/mol. The van der Waals surface area contributed by atoms with E-state index < -0.39 is 0 Å². The normalized spacial score (nSPS) is 12.1. The highest BCUT2D eigenvalue weighted by molar-refractivity contribution is 7.99. The average molecular weight is 254 g/mol. The first-order valence-corrected chi connectivity index (χ1v) is 6.81. The lowest BCUT2D eigenvalue weighted by atomic mass is 10.2. The van der Waals surface area contributed by atoms with Crippen molar-refractivity contribution in [1.82, 2.24) is 10.3 Å². The SMILES string of the molecule is CCSCCC(C)NC(=O)c1cncc(O)c1. The van der Waals surface area contributed by atoms with Crippen LogP contribution in [0.15, 0.2) is 18.5 Å². The lowest BCUT2D eigenvalue weighted by Gasteiger charge is -2.13.